The first-order valence-electron chi connectivity index (χ1n) is 6.94. The van der Waals surface area contributed by atoms with Gasteiger partial charge in [-0.2, -0.15) is 0 Å². The Morgan fingerprint density at radius 3 is 2.50 bits per heavy atom. The highest BCUT2D eigenvalue weighted by Gasteiger charge is 2.21. The lowest BCUT2D eigenvalue weighted by Gasteiger charge is -2.14. The summed E-state index contributed by atoms with van der Waals surface area (Å²) >= 11 is 11.8. The lowest BCUT2D eigenvalue weighted by atomic mass is 10.2. The average Bonchev–Trinajstić information content (AvgIpc) is 3.00. The first-order valence-corrected chi connectivity index (χ1v) is 7.69. The van der Waals surface area contributed by atoms with E-state index < -0.39 is 18.0 Å². The fourth-order valence-corrected chi connectivity index (χ4v) is 2.27. The average molecular weight is 369 g/mol. The number of carbonyl (C=O) groups is 3. The van der Waals surface area contributed by atoms with E-state index in [-0.39, 0.29) is 16.5 Å². The van der Waals surface area contributed by atoms with Crippen molar-refractivity contribution in [3.05, 3.63) is 51.8 Å². The zero-order valence-corrected chi connectivity index (χ0v) is 14.4. The molecule has 126 valence electrons. The number of Topliss-reactive ketones (excluding diaryl/α,β-unsaturated/α-hetero) is 1. The highest BCUT2D eigenvalue weighted by molar-refractivity contribution is 6.36. The Labute approximate surface area is 148 Å². The molecule has 0 unspecified atom stereocenters. The van der Waals surface area contributed by atoms with Crippen molar-refractivity contribution < 1.29 is 19.1 Å². The Bertz CT molecular complexity index is 801. The van der Waals surface area contributed by atoms with Crippen molar-refractivity contribution >= 4 is 46.5 Å². The van der Waals surface area contributed by atoms with Crippen LogP contribution in [0.1, 0.15) is 34.7 Å². The van der Waals surface area contributed by atoms with Gasteiger partial charge in [0.15, 0.2) is 11.9 Å². The van der Waals surface area contributed by atoms with Crippen LogP contribution in [0.2, 0.25) is 10.0 Å². The summed E-state index contributed by atoms with van der Waals surface area (Å²) < 4.78 is 5.06. The molecule has 1 aromatic heterocycles. The van der Waals surface area contributed by atoms with Crippen LogP contribution in [0, 0.1) is 0 Å². The second kappa shape index (κ2) is 7.51. The molecular weight excluding hydrogens is 355 g/mol. The van der Waals surface area contributed by atoms with Crippen LogP contribution >= 0.6 is 23.2 Å². The van der Waals surface area contributed by atoms with Crippen molar-refractivity contribution in [3.63, 3.8) is 0 Å². The molecular formula is C16H14Cl2N2O4. The van der Waals surface area contributed by atoms with Gasteiger partial charge < -0.3 is 15.0 Å². The molecule has 0 bridgehead atoms. The van der Waals surface area contributed by atoms with Crippen molar-refractivity contribution in [2.75, 3.05) is 5.32 Å². The van der Waals surface area contributed by atoms with Gasteiger partial charge in [0, 0.05) is 16.8 Å². The summed E-state index contributed by atoms with van der Waals surface area (Å²) in [6.45, 7) is 2.80. The molecule has 0 radical (unpaired) electrons. The summed E-state index contributed by atoms with van der Waals surface area (Å²) in [5.74, 6) is -1.48. The number of hydrogen-bond acceptors (Lipinski definition) is 4. The van der Waals surface area contributed by atoms with Gasteiger partial charge in [-0.3, -0.25) is 9.59 Å². The quantitative estimate of drug-likeness (QED) is 0.621. The topological polar surface area (TPSA) is 88.3 Å². The summed E-state index contributed by atoms with van der Waals surface area (Å²) in [6.07, 6.45) is 0.338. The van der Waals surface area contributed by atoms with Crippen molar-refractivity contribution in [1.29, 1.82) is 0 Å². The SMILES string of the molecule is CC(=O)c1c[nH]c(C(=O)O[C@@H](C)C(=O)Nc2ccc(Cl)cc2Cl)c1. The number of amides is 1. The van der Waals surface area contributed by atoms with Gasteiger partial charge in [0.05, 0.1) is 10.7 Å². The van der Waals surface area contributed by atoms with E-state index in [1.54, 1.807) is 12.1 Å². The Morgan fingerprint density at radius 2 is 1.92 bits per heavy atom. The molecule has 0 saturated heterocycles. The van der Waals surface area contributed by atoms with Gasteiger partial charge in [0.1, 0.15) is 5.69 Å². The highest BCUT2D eigenvalue weighted by atomic mass is 35.5. The fourth-order valence-electron chi connectivity index (χ4n) is 1.82. The summed E-state index contributed by atoms with van der Waals surface area (Å²) in [4.78, 5) is 37.9. The predicted octanol–water partition coefficient (Wildman–Crippen LogP) is 3.71. The number of esters is 1. The van der Waals surface area contributed by atoms with E-state index in [0.717, 1.165) is 0 Å². The first-order chi connectivity index (χ1) is 11.3. The van der Waals surface area contributed by atoms with E-state index in [1.807, 2.05) is 0 Å². The van der Waals surface area contributed by atoms with Gasteiger partial charge in [-0.15, -0.1) is 0 Å². The Morgan fingerprint density at radius 1 is 1.21 bits per heavy atom. The van der Waals surface area contributed by atoms with Crippen molar-refractivity contribution in [1.82, 2.24) is 4.98 Å². The molecule has 1 heterocycles. The highest BCUT2D eigenvalue weighted by Crippen LogP contribution is 2.25. The standard InChI is InChI=1S/C16H14Cl2N2O4/c1-8(21)10-5-14(19-7-10)16(23)24-9(2)15(22)20-13-4-3-11(17)6-12(13)18/h3-7,9,19H,1-2H3,(H,20,22)/t9-/m0/s1. The van der Waals surface area contributed by atoms with Crippen molar-refractivity contribution in [2.24, 2.45) is 0 Å². The number of benzene rings is 1. The van der Waals surface area contributed by atoms with Crippen LogP contribution in [0.5, 0.6) is 0 Å². The summed E-state index contributed by atoms with van der Waals surface area (Å²) in [5, 5.41) is 3.25. The monoisotopic (exact) mass is 368 g/mol. The Hall–Kier alpha value is -2.31. The van der Waals surface area contributed by atoms with E-state index in [0.29, 0.717) is 16.3 Å². The normalized spacial score (nSPS) is 11.7. The first kappa shape index (κ1) is 18.0. The number of hydrogen-bond donors (Lipinski definition) is 2. The lowest BCUT2D eigenvalue weighted by molar-refractivity contribution is -0.123. The number of nitrogens with one attached hydrogen (secondary N) is 2. The van der Waals surface area contributed by atoms with Gasteiger partial charge in [-0.1, -0.05) is 23.2 Å². The number of ketones is 1. The van der Waals surface area contributed by atoms with E-state index in [4.69, 9.17) is 27.9 Å². The molecule has 0 spiro atoms. The van der Waals surface area contributed by atoms with Crippen molar-refractivity contribution in [3.8, 4) is 0 Å². The van der Waals surface area contributed by atoms with E-state index >= 15 is 0 Å². The maximum atomic E-state index is 12.1. The number of aromatic amines is 1. The largest absolute Gasteiger partial charge is 0.448 e. The molecule has 2 aromatic rings. The molecule has 2 N–H and O–H groups in total. The van der Waals surface area contributed by atoms with Gasteiger partial charge in [-0.25, -0.2) is 4.79 Å². The van der Waals surface area contributed by atoms with Crippen LogP contribution < -0.4 is 5.32 Å². The molecule has 2 rings (SSSR count). The van der Waals surface area contributed by atoms with Crippen LogP contribution in [0.25, 0.3) is 0 Å². The lowest BCUT2D eigenvalue weighted by Crippen LogP contribution is -2.30. The number of aromatic nitrogens is 1. The third-order valence-corrected chi connectivity index (χ3v) is 3.70. The third-order valence-electron chi connectivity index (χ3n) is 3.15. The molecule has 6 nitrogen and oxygen atoms in total. The molecule has 24 heavy (non-hydrogen) atoms. The van der Waals surface area contributed by atoms with E-state index in [2.05, 4.69) is 10.3 Å². The second-order valence-electron chi connectivity index (χ2n) is 5.02. The van der Waals surface area contributed by atoms with E-state index in [9.17, 15) is 14.4 Å². The minimum absolute atomic E-state index is 0.0874. The zero-order chi connectivity index (χ0) is 17.9. The molecule has 1 atom stereocenters. The number of halogens is 2. The Kier molecular flexibility index (Phi) is 5.64. The number of ether oxygens (including phenoxy) is 1. The van der Waals surface area contributed by atoms with Crippen LogP contribution in [0.3, 0.4) is 0 Å². The second-order valence-corrected chi connectivity index (χ2v) is 5.86. The minimum atomic E-state index is -1.06. The minimum Gasteiger partial charge on any atom is -0.448 e. The number of H-pyrrole nitrogens is 1. The summed E-state index contributed by atoms with van der Waals surface area (Å²) in [7, 11) is 0. The zero-order valence-electron chi connectivity index (χ0n) is 12.9. The fraction of sp³-hybridized carbons (Fsp3) is 0.188. The molecule has 0 saturated carbocycles. The smallest absolute Gasteiger partial charge is 0.355 e. The molecule has 1 aromatic carbocycles. The number of anilines is 1. The molecule has 0 aliphatic carbocycles. The molecule has 0 fully saturated rings. The molecule has 8 heteroatoms. The van der Waals surface area contributed by atoms with Crippen LogP contribution in [0.15, 0.2) is 30.5 Å². The molecule has 0 aliphatic heterocycles. The molecule has 0 aliphatic rings. The van der Waals surface area contributed by atoms with Crippen LogP contribution in [0.4, 0.5) is 5.69 Å². The summed E-state index contributed by atoms with van der Waals surface area (Å²) in [5.41, 5.74) is 0.795. The maximum Gasteiger partial charge on any atom is 0.355 e. The van der Waals surface area contributed by atoms with Crippen molar-refractivity contribution in [2.45, 2.75) is 20.0 Å². The molecule has 1 amide bonds. The van der Waals surface area contributed by atoms with Gasteiger partial charge in [-0.05, 0) is 38.1 Å². The predicted molar refractivity (Wildman–Crippen MR) is 90.8 cm³/mol. The Balaban J connectivity index is 2.00. The van der Waals surface area contributed by atoms with E-state index in [1.165, 1.54) is 32.2 Å². The van der Waals surface area contributed by atoms with Gasteiger partial charge in [0.2, 0.25) is 0 Å². The number of carbonyl (C=O) groups excluding carboxylic acids is 3. The van der Waals surface area contributed by atoms with Gasteiger partial charge >= 0.3 is 5.97 Å². The van der Waals surface area contributed by atoms with Crippen LogP contribution in [-0.2, 0) is 9.53 Å². The number of rotatable bonds is 5. The maximum absolute atomic E-state index is 12.1. The van der Waals surface area contributed by atoms with Crippen LogP contribution in [-0.4, -0.2) is 28.7 Å². The van der Waals surface area contributed by atoms with Gasteiger partial charge in [0.25, 0.3) is 5.91 Å². The summed E-state index contributed by atoms with van der Waals surface area (Å²) in [6, 6.07) is 5.96. The third kappa shape index (κ3) is 4.37.